The van der Waals surface area contributed by atoms with Crippen molar-refractivity contribution in [2.24, 2.45) is 0 Å². The first-order valence-electron chi connectivity index (χ1n) is 5.81. The Morgan fingerprint density at radius 3 is 2.50 bits per heavy atom. The summed E-state index contributed by atoms with van der Waals surface area (Å²) in [6, 6.07) is -1.04. The predicted molar refractivity (Wildman–Crippen MR) is 66.6 cm³/mol. The van der Waals surface area contributed by atoms with E-state index >= 15 is 0 Å². The second-order valence-electron chi connectivity index (χ2n) is 4.07. The fraction of sp³-hybridized carbons (Fsp3) is 0.600. The summed E-state index contributed by atoms with van der Waals surface area (Å²) in [6.45, 7) is 3.37. The van der Waals surface area contributed by atoms with Crippen LogP contribution < -0.4 is 10.6 Å². The van der Waals surface area contributed by atoms with Gasteiger partial charge in [0.1, 0.15) is 6.33 Å². The lowest BCUT2D eigenvalue weighted by atomic mass is 10.2. The zero-order valence-corrected chi connectivity index (χ0v) is 10.9. The van der Waals surface area contributed by atoms with Gasteiger partial charge >= 0.3 is 11.9 Å². The summed E-state index contributed by atoms with van der Waals surface area (Å²) in [5, 5.41) is 16.1. The molecule has 0 amide bonds. The van der Waals surface area contributed by atoms with Crippen LogP contribution in [0.4, 0.5) is 30.5 Å². The molecule has 1 atom stereocenters. The molecular weight excluding hydrogens is 279 g/mol. The molecule has 1 aromatic rings. The van der Waals surface area contributed by atoms with Crippen molar-refractivity contribution in [3.63, 3.8) is 0 Å². The Balaban J connectivity index is 3.00. The molecular formula is C10H14F3N5O2. The van der Waals surface area contributed by atoms with Crippen LogP contribution in [0.2, 0.25) is 0 Å². The van der Waals surface area contributed by atoms with Gasteiger partial charge in [-0.1, -0.05) is 0 Å². The lowest BCUT2D eigenvalue weighted by Gasteiger charge is -2.16. The van der Waals surface area contributed by atoms with Gasteiger partial charge in [-0.2, -0.15) is 13.2 Å². The van der Waals surface area contributed by atoms with E-state index in [4.69, 9.17) is 0 Å². The van der Waals surface area contributed by atoms with Crippen molar-refractivity contribution in [3.8, 4) is 0 Å². The van der Waals surface area contributed by atoms with Crippen LogP contribution in [0.25, 0.3) is 0 Å². The Kier molecular flexibility index (Phi) is 5.06. The van der Waals surface area contributed by atoms with Crippen molar-refractivity contribution in [1.82, 2.24) is 9.97 Å². The lowest BCUT2D eigenvalue weighted by molar-refractivity contribution is -0.383. The van der Waals surface area contributed by atoms with Crippen LogP contribution in [0, 0.1) is 10.1 Å². The third kappa shape index (κ3) is 4.52. The highest BCUT2D eigenvalue weighted by molar-refractivity contribution is 5.69. The van der Waals surface area contributed by atoms with E-state index in [1.807, 2.05) is 0 Å². The standard InChI is InChI=1S/C10H14F3N5O2/c1-3-14-8-7(18(19)20)9(16-5-15-8)17-6(2)4-10(11,12)13/h5-6H,3-4H2,1-2H3,(H2,14,15,16,17). The molecule has 0 aliphatic rings. The van der Waals surface area contributed by atoms with Gasteiger partial charge in [-0.3, -0.25) is 10.1 Å². The SMILES string of the molecule is CCNc1ncnc(NC(C)CC(F)(F)F)c1[N+](=O)[O-]. The summed E-state index contributed by atoms with van der Waals surface area (Å²) in [5.41, 5.74) is -0.469. The number of rotatable bonds is 6. The highest BCUT2D eigenvalue weighted by Gasteiger charge is 2.31. The monoisotopic (exact) mass is 293 g/mol. The van der Waals surface area contributed by atoms with Crippen molar-refractivity contribution in [2.75, 3.05) is 17.2 Å². The highest BCUT2D eigenvalue weighted by Crippen LogP contribution is 2.30. The average molecular weight is 293 g/mol. The first-order valence-corrected chi connectivity index (χ1v) is 5.81. The molecule has 1 rings (SSSR count). The molecule has 0 aliphatic carbocycles. The topological polar surface area (TPSA) is 93.0 Å². The summed E-state index contributed by atoms with van der Waals surface area (Å²) in [6.07, 6.45) is -4.43. The van der Waals surface area contributed by atoms with E-state index in [0.29, 0.717) is 6.54 Å². The predicted octanol–water partition coefficient (Wildman–Crippen LogP) is 2.57. The maximum atomic E-state index is 12.2. The van der Waals surface area contributed by atoms with Crippen molar-refractivity contribution in [3.05, 3.63) is 16.4 Å². The maximum absolute atomic E-state index is 12.2. The molecule has 0 radical (unpaired) electrons. The summed E-state index contributed by atoms with van der Waals surface area (Å²) >= 11 is 0. The number of hydrogen-bond donors (Lipinski definition) is 2. The van der Waals surface area contributed by atoms with Crippen LogP contribution in [-0.2, 0) is 0 Å². The van der Waals surface area contributed by atoms with E-state index in [-0.39, 0.29) is 11.6 Å². The third-order valence-electron chi connectivity index (χ3n) is 2.27. The van der Waals surface area contributed by atoms with Gasteiger partial charge in [0.2, 0.25) is 11.6 Å². The van der Waals surface area contributed by atoms with Gasteiger partial charge in [-0.15, -0.1) is 0 Å². The van der Waals surface area contributed by atoms with Gasteiger partial charge in [0, 0.05) is 12.6 Å². The van der Waals surface area contributed by atoms with E-state index in [1.54, 1.807) is 6.92 Å². The number of halogens is 3. The van der Waals surface area contributed by atoms with Crippen LogP contribution in [-0.4, -0.2) is 33.7 Å². The van der Waals surface area contributed by atoms with E-state index in [0.717, 1.165) is 6.33 Å². The van der Waals surface area contributed by atoms with Gasteiger partial charge in [0.25, 0.3) is 0 Å². The lowest BCUT2D eigenvalue weighted by Crippen LogP contribution is -2.25. The molecule has 2 N–H and O–H groups in total. The van der Waals surface area contributed by atoms with Crippen molar-refractivity contribution in [1.29, 1.82) is 0 Å². The molecule has 0 spiro atoms. The van der Waals surface area contributed by atoms with Crippen LogP contribution >= 0.6 is 0 Å². The van der Waals surface area contributed by atoms with Gasteiger partial charge in [-0.05, 0) is 13.8 Å². The number of nitrogens with zero attached hydrogens (tertiary/aromatic N) is 3. The molecule has 1 unspecified atom stereocenters. The molecule has 0 saturated heterocycles. The molecule has 0 aliphatic heterocycles. The van der Waals surface area contributed by atoms with Gasteiger partial charge in [0.15, 0.2) is 0 Å². The number of anilines is 2. The number of nitrogens with one attached hydrogen (secondary N) is 2. The number of alkyl halides is 3. The molecule has 20 heavy (non-hydrogen) atoms. The molecule has 0 aromatic carbocycles. The van der Waals surface area contributed by atoms with Gasteiger partial charge in [-0.25, -0.2) is 9.97 Å². The Morgan fingerprint density at radius 1 is 1.40 bits per heavy atom. The minimum atomic E-state index is -4.36. The molecule has 0 bridgehead atoms. The fourth-order valence-electron chi connectivity index (χ4n) is 1.59. The zero-order valence-electron chi connectivity index (χ0n) is 10.9. The van der Waals surface area contributed by atoms with E-state index in [2.05, 4.69) is 20.6 Å². The summed E-state index contributed by atoms with van der Waals surface area (Å²) in [4.78, 5) is 17.6. The second kappa shape index (κ2) is 6.35. The minimum Gasteiger partial charge on any atom is -0.364 e. The first-order chi connectivity index (χ1) is 9.24. The zero-order chi connectivity index (χ0) is 15.3. The molecule has 0 fully saturated rings. The van der Waals surface area contributed by atoms with Crippen LogP contribution in [0.1, 0.15) is 20.3 Å². The largest absolute Gasteiger partial charge is 0.391 e. The fourth-order valence-corrected chi connectivity index (χ4v) is 1.59. The van der Waals surface area contributed by atoms with Crippen molar-refractivity contribution >= 4 is 17.3 Å². The summed E-state index contributed by atoms with van der Waals surface area (Å²) < 4.78 is 36.7. The molecule has 0 saturated carbocycles. The Morgan fingerprint density at radius 2 is 2.00 bits per heavy atom. The van der Waals surface area contributed by atoms with Crippen LogP contribution in [0.3, 0.4) is 0 Å². The number of nitro groups is 1. The molecule has 1 aromatic heterocycles. The van der Waals surface area contributed by atoms with Crippen LogP contribution in [0.15, 0.2) is 6.33 Å². The summed E-state index contributed by atoms with van der Waals surface area (Å²) in [7, 11) is 0. The van der Waals surface area contributed by atoms with Gasteiger partial charge in [0.05, 0.1) is 11.3 Å². The highest BCUT2D eigenvalue weighted by atomic mass is 19.4. The van der Waals surface area contributed by atoms with Crippen molar-refractivity contribution < 1.29 is 18.1 Å². The molecule has 112 valence electrons. The summed E-state index contributed by atoms with van der Waals surface area (Å²) in [5.74, 6) is -0.271. The molecule has 7 nitrogen and oxygen atoms in total. The molecule has 1 heterocycles. The maximum Gasteiger partial charge on any atom is 0.391 e. The normalized spacial score (nSPS) is 12.8. The first kappa shape index (κ1) is 15.9. The van der Waals surface area contributed by atoms with Crippen molar-refractivity contribution in [2.45, 2.75) is 32.5 Å². The number of hydrogen-bond acceptors (Lipinski definition) is 6. The minimum absolute atomic E-state index is 0.0331. The smallest absolute Gasteiger partial charge is 0.364 e. The second-order valence-corrected chi connectivity index (χ2v) is 4.07. The van der Waals surface area contributed by atoms with Gasteiger partial charge < -0.3 is 10.6 Å². The Bertz CT molecular complexity index is 480. The molecule has 10 heteroatoms. The third-order valence-corrected chi connectivity index (χ3v) is 2.27. The Labute approximate surface area is 112 Å². The Hall–Kier alpha value is -2.13. The van der Waals surface area contributed by atoms with E-state index < -0.39 is 29.2 Å². The number of aromatic nitrogens is 2. The van der Waals surface area contributed by atoms with E-state index in [9.17, 15) is 23.3 Å². The quantitative estimate of drug-likeness (QED) is 0.618. The average Bonchev–Trinajstić information content (AvgIpc) is 2.26. The van der Waals surface area contributed by atoms with Crippen LogP contribution in [0.5, 0.6) is 0 Å². The van der Waals surface area contributed by atoms with E-state index in [1.165, 1.54) is 6.92 Å².